The Kier molecular flexibility index (Phi) is 3.35. The van der Waals surface area contributed by atoms with E-state index >= 15 is 0 Å². The van der Waals surface area contributed by atoms with Crippen LogP contribution >= 0.6 is 11.8 Å². The molecule has 1 aliphatic heterocycles. The minimum atomic E-state index is 0.0297. The molecule has 1 aromatic heterocycles. The largest absolute Gasteiger partial charge is 0.459 e. The number of fused-ring (bicyclic) bond motifs is 1. The predicted octanol–water partition coefficient (Wildman–Crippen LogP) is 4.03. The lowest BCUT2D eigenvalue weighted by Crippen LogP contribution is -2.25. The third kappa shape index (κ3) is 2.17. The van der Waals surface area contributed by atoms with Crippen molar-refractivity contribution in [3.05, 3.63) is 35.6 Å². The summed E-state index contributed by atoms with van der Waals surface area (Å²) in [7, 11) is 0. The Morgan fingerprint density at radius 3 is 3.00 bits per heavy atom. The summed E-state index contributed by atoms with van der Waals surface area (Å²) >= 11 is 2.00. The molecule has 2 unspecified atom stereocenters. The van der Waals surface area contributed by atoms with Gasteiger partial charge >= 0.3 is 0 Å². The van der Waals surface area contributed by atoms with Gasteiger partial charge in [0.2, 0.25) is 0 Å². The van der Waals surface area contributed by atoms with Crippen LogP contribution < -0.4 is 5.73 Å². The summed E-state index contributed by atoms with van der Waals surface area (Å²) in [5, 5.41) is 1.68. The third-order valence-corrected chi connectivity index (χ3v) is 5.19. The predicted molar refractivity (Wildman–Crippen MR) is 78.0 cm³/mol. The van der Waals surface area contributed by atoms with E-state index in [4.69, 9.17) is 10.2 Å². The Bertz CT molecular complexity index is 542. The second-order valence-electron chi connectivity index (χ2n) is 5.07. The Morgan fingerprint density at radius 1 is 1.39 bits per heavy atom. The molecular weight excluding hydrogens is 242 g/mol. The maximum absolute atomic E-state index is 6.37. The fourth-order valence-corrected chi connectivity index (χ4v) is 3.97. The molecule has 0 aliphatic carbocycles. The number of furan rings is 1. The number of para-hydroxylation sites is 1. The highest BCUT2D eigenvalue weighted by atomic mass is 32.2. The maximum atomic E-state index is 6.37. The van der Waals surface area contributed by atoms with Crippen molar-refractivity contribution in [3.8, 4) is 0 Å². The van der Waals surface area contributed by atoms with Crippen molar-refractivity contribution in [3.63, 3.8) is 0 Å². The lowest BCUT2D eigenvalue weighted by Gasteiger charge is -2.25. The summed E-state index contributed by atoms with van der Waals surface area (Å²) in [6.45, 7) is 2.08. The van der Waals surface area contributed by atoms with Gasteiger partial charge in [0.15, 0.2) is 0 Å². The highest BCUT2D eigenvalue weighted by Crippen LogP contribution is 2.35. The second-order valence-corrected chi connectivity index (χ2v) is 6.42. The molecule has 96 valence electrons. The summed E-state index contributed by atoms with van der Waals surface area (Å²) in [4.78, 5) is 0. The van der Waals surface area contributed by atoms with Crippen LogP contribution in [-0.2, 0) is 0 Å². The highest BCUT2D eigenvalue weighted by Gasteiger charge is 2.25. The Balaban J connectivity index is 1.91. The molecule has 2 N–H and O–H groups in total. The SMILES string of the molecule is Cc1cccc2cc(C(N)C3CCCCS3)oc12. The molecule has 1 aromatic carbocycles. The van der Waals surface area contributed by atoms with Crippen molar-refractivity contribution < 1.29 is 4.42 Å². The first kappa shape index (κ1) is 12.1. The van der Waals surface area contributed by atoms with Gasteiger partial charge in [-0.05, 0) is 37.1 Å². The molecular formula is C15H19NOS. The van der Waals surface area contributed by atoms with Gasteiger partial charge in [-0.3, -0.25) is 0 Å². The number of thioether (sulfide) groups is 1. The number of nitrogens with two attached hydrogens (primary N) is 1. The minimum Gasteiger partial charge on any atom is -0.459 e. The molecule has 3 heteroatoms. The summed E-state index contributed by atoms with van der Waals surface area (Å²) in [6.07, 6.45) is 3.83. The van der Waals surface area contributed by atoms with Crippen LogP contribution in [0, 0.1) is 6.92 Å². The monoisotopic (exact) mass is 261 g/mol. The molecule has 0 saturated carbocycles. The Labute approximate surface area is 112 Å². The number of benzene rings is 1. The smallest absolute Gasteiger partial charge is 0.137 e. The fourth-order valence-electron chi connectivity index (χ4n) is 2.63. The van der Waals surface area contributed by atoms with E-state index in [2.05, 4.69) is 31.2 Å². The van der Waals surface area contributed by atoms with Crippen molar-refractivity contribution >= 4 is 22.7 Å². The van der Waals surface area contributed by atoms with Gasteiger partial charge in [0.05, 0.1) is 6.04 Å². The molecule has 0 radical (unpaired) electrons. The Hall–Kier alpha value is -0.930. The summed E-state index contributed by atoms with van der Waals surface area (Å²) in [6, 6.07) is 8.38. The maximum Gasteiger partial charge on any atom is 0.137 e. The molecule has 2 aromatic rings. The van der Waals surface area contributed by atoms with E-state index in [-0.39, 0.29) is 6.04 Å². The first-order valence-electron chi connectivity index (χ1n) is 6.62. The van der Waals surface area contributed by atoms with E-state index in [0.29, 0.717) is 5.25 Å². The zero-order valence-corrected chi connectivity index (χ0v) is 11.5. The van der Waals surface area contributed by atoms with E-state index in [0.717, 1.165) is 11.3 Å². The van der Waals surface area contributed by atoms with E-state index in [9.17, 15) is 0 Å². The molecule has 2 heterocycles. The lowest BCUT2D eigenvalue weighted by atomic mass is 10.1. The van der Waals surface area contributed by atoms with Crippen LogP contribution in [0.5, 0.6) is 0 Å². The molecule has 0 bridgehead atoms. The normalized spacial score (nSPS) is 22.2. The van der Waals surface area contributed by atoms with Crippen molar-refractivity contribution in [2.24, 2.45) is 5.73 Å². The third-order valence-electron chi connectivity index (χ3n) is 3.70. The van der Waals surface area contributed by atoms with Crippen molar-refractivity contribution in [1.82, 2.24) is 0 Å². The minimum absolute atomic E-state index is 0.0297. The van der Waals surface area contributed by atoms with Crippen LogP contribution in [0.2, 0.25) is 0 Å². The Morgan fingerprint density at radius 2 is 2.28 bits per heavy atom. The molecule has 2 nitrogen and oxygen atoms in total. The zero-order valence-electron chi connectivity index (χ0n) is 10.7. The number of aryl methyl sites for hydroxylation is 1. The number of hydrogen-bond acceptors (Lipinski definition) is 3. The molecule has 3 rings (SSSR count). The van der Waals surface area contributed by atoms with Gasteiger partial charge < -0.3 is 10.2 Å². The summed E-state index contributed by atoms with van der Waals surface area (Å²) in [5.41, 5.74) is 8.54. The van der Waals surface area contributed by atoms with E-state index in [1.54, 1.807) is 0 Å². The molecule has 1 fully saturated rings. The van der Waals surface area contributed by atoms with Gasteiger partial charge in [-0.2, -0.15) is 11.8 Å². The van der Waals surface area contributed by atoms with Crippen molar-refractivity contribution in [2.45, 2.75) is 37.5 Å². The van der Waals surface area contributed by atoms with Crippen LogP contribution in [0.3, 0.4) is 0 Å². The summed E-state index contributed by atoms with van der Waals surface area (Å²) < 4.78 is 5.98. The van der Waals surface area contributed by atoms with Gasteiger partial charge in [-0.15, -0.1) is 0 Å². The molecule has 0 amide bonds. The topological polar surface area (TPSA) is 39.2 Å². The lowest BCUT2D eigenvalue weighted by molar-refractivity contribution is 0.466. The highest BCUT2D eigenvalue weighted by molar-refractivity contribution is 8.00. The molecule has 0 spiro atoms. The van der Waals surface area contributed by atoms with E-state index < -0.39 is 0 Å². The van der Waals surface area contributed by atoms with Crippen LogP contribution in [0.25, 0.3) is 11.0 Å². The average molecular weight is 261 g/mol. The van der Waals surface area contributed by atoms with Crippen LogP contribution in [0.4, 0.5) is 0 Å². The van der Waals surface area contributed by atoms with Gasteiger partial charge in [-0.1, -0.05) is 24.6 Å². The van der Waals surface area contributed by atoms with Crippen molar-refractivity contribution in [1.29, 1.82) is 0 Å². The van der Waals surface area contributed by atoms with Crippen molar-refractivity contribution in [2.75, 3.05) is 5.75 Å². The number of rotatable bonds is 2. The fraction of sp³-hybridized carbons (Fsp3) is 0.467. The van der Waals surface area contributed by atoms with Gasteiger partial charge in [-0.25, -0.2) is 0 Å². The summed E-state index contributed by atoms with van der Waals surface area (Å²) in [5.74, 6) is 2.18. The first-order valence-corrected chi connectivity index (χ1v) is 7.67. The average Bonchev–Trinajstić information content (AvgIpc) is 2.84. The molecule has 1 aliphatic rings. The van der Waals surface area contributed by atoms with Gasteiger partial charge in [0.25, 0.3) is 0 Å². The van der Waals surface area contributed by atoms with Crippen LogP contribution in [0.1, 0.15) is 36.6 Å². The van der Waals surface area contributed by atoms with E-state index in [1.165, 1.54) is 36.0 Å². The van der Waals surface area contributed by atoms with Crippen LogP contribution in [-0.4, -0.2) is 11.0 Å². The first-order chi connectivity index (χ1) is 8.75. The number of hydrogen-bond donors (Lipinski definition) is 1. The molecule has 18 heavy (non-hydrogen) atoms. The zero-order chi connectivity index (χ0) is 12.5. The van der Waals surface area contributed by atoms with Crippen LogP contribution in [0.15, 0.2) is 28.7 Å². The molecule has 1 saturated heterocycles. The van der Waals surface area contributed by atoms with E-state index in [1.807, 2.05) is 11.8 Å². The molecule has 2 atom stereocenters. The van der Waals surface area contributed by atoms with Gasteiger partial charge in [0, 0.05) is 10.6 Å². The van der Waals surface area contributed by atoms with Gasteiger partial charge in [0.1, 0.15) is 11.3 Å². The standard InChI is InChI=1S/C15H19NOS/c1-10-5-4-6-11-9-12(17-15(10)11)14(16)13-7-2-3-8-18-13/h4-6,9,13-14H,2-3,7-8,16H2,1H3. The quantitative estimate of drug-likeness (QED) is 0.887. The second kappa shape index (κ2) is 4.98.